The fraction of sp³-hybridized carbons (Fsp3) is 0.0714. The fourth-order valence-corrected chi connectivity index (χ4v) is 2.62. The van der Waals surface area contributed by atoms with Crippen LogP contribution in [0, 0.1) is 0 Å². The summed E-state index contributed by atoms with van der Waals surface area (Å²) in [4.78, 5) is 27.1. The van der Waals surface area contributed by atoms with E-state index in [1.165, 1.54) is 24.0 Å². The van der Waals surface area contributed by atoms with E-state index in [0.717, 1.165) is 4.47 Å². The molecule has 21 heavy (non-hydrogen) atoms. The molecular formula is C14H11BrN2O3S. The molecule has 0 fully saturated rings. The average Bonchev–Trinajstić information content (AvgIpc) is 2.48. The molecule has 0 radical (unpaired) electrons. The molecule has 0 saturated carbocycles. The highest BCUT2D eigenvalue weighted by Crippen LogP contribution is 2.22. The van der Waals surface area contributed by atoms with Crippen molar-refractivity contribution in [2.24, 2.45) is 0 Å². The summed E-state index contributed by atoms with van der Waals surface area (Å²) >= 11 is 4.61. The van der Waals surface area contributed by atoms with Crippen molar-refractivity contribution in [3.8, 4) is 0 Å². The number of carbonyl (C=O) groups excluding carboxylic acids is 1. The highest BCUT2D eigenvalue weighted by Gasteiger charge is 2.08. The van der Waals surface area contributed by atoms with Gasteiger partial charge < -0.3 is 10.4 Å². The first-order valence-corrected chi connectivity index (χ1v) is 7.70. The maximum Gasteiger partial charge on any atom is 0.354 e. The number of hydrogen-bond acceptors (Lipinski definition) is 4. The SMILES string of the molecule is O=C(CSc1ccnc(C(=O)O)c1)Nc1ccccc1Br. The van der Waals surface area contributed by atoms with Crippen LogP contribution < -0.4 is 5.32 Å². The molecule has 0 spiro atoms. The molecule has 108 valence electrons. The number of halogens is 1. The lowest BCUT2D eigenvalue weighted by molar-refractivity contribution is -0.113. The number of hydrogen-bond donors (Lipinski definition) is 2. The van der Waals surface area contributed by atoms with E-state index in [4.69, 9.17) is 5.11 Å². The van der Waals surface area contributed by atoms with Crippen LogP contribution in [0.15, 0.2) is 52.0 Å². The highest BCUT2D eigenvalue weighted by atomic mass is 79.9. The molecule has 0 unspecified atom stereocenters. The minimum Gasteiger partial charge on any atom is -0.477 e. The van der Waals surface area contributed by atoms with Crippen molar-refractivity contribution in [2.45, 2.75) is 4.90 Å². The summed E-state index contributed by atoms with van der Waals surface area (Å²) in [6, 6.07) is 10.4. The van der Waals surface area contributed by atoms with Gasteiger partial charge in [-0.3, -0.25) is 4.79 Å². The Morgan fingerprint density at radius 2 is 2.05 bits per heavy atom. The van der Waals surface area contributed by atoms with Gasteiger partial charge in [-0.1, -0.05) is 12.1 Å². The van der Waals surface area contributed by atoms with Crippen molar-refractivity contribution in [1.82, 2.24) is 4.98 Å². The molecule has 0 bridgehead atoms. The van der Waals surface area contributed by atoms with Crippen molar-refractivity contribution in [1.29, 1.82) is 0 Å². The van der Waals surface area contributed by atoms with E-state index >= 15 is 0 Å². The van der Waals surface area contributed by atoms with E-state index in [1.807, 2.05) is 18.2 Å². The van der Waals surface area contributed by atoms with Gasteiger partial charge >= 0.3 is 5.97 Å². The molecule has 1 aromatic heterocycles. The van der Waals surface area contributed by atoms with Crippen LogP contribution in [-0.4, -0.2) is 27.7 Å². The van der Waals surface area contributed by atoms with Crippen LogP contribution in [0.25, 0.3) is 0 Å². The van der Waals surface area contributed by atoms with Crippen LogP contribution >= 0.6 is 27.7 Å². The topological polar surface area (TPSA) is 79.3 Å². The van der Waals surface area contributed by atoms with Crippen molar-refractivity contribution in [3.05, 3.63) is 52.8 Å². The van der Waals surface area contributed by atoms with Crippen LogP contribution in [0.3, 0.4) is 0 Å². The monoisotopic (exact) mass is 366 g/mol. The number of amides is 1. The Balaban J connectivity index is 1.94. The Morgan fingerprint density at radius 1 is 1.29 bits per heavy atom. The molecule has 0 atom stereocenters. The third-order valence-electron chi connectivity index (χ3n) is 2.47. The number of pyridine rings is 1. The Bertz CT molecular complexity index is 679. The van der Waals surface area contributed by atoms with Crippen LogP contribution in [-0.2, 0) is 4.79 Å². The first kappa shape index (κ1) is 15.5. The lowest BCUT2D eigenvalue weighted by Crippen LogP contribution is -2.14. The third-order valence-corrected chi connectivity index (χ3v) is 4.15. The molecule has 0 aliphatic carbocycles. The van der Waals surface area contributed by atoms with Gasteiger partial charge in [-0.2, -0.15) is 0 Å². The number of nitrogens with zero attached hydrogens (tertiary/aromatic N) is 1. The molecule has 1 aromatic carbocycles. The number of para-hydroxylation sites is 1. The minimum atomic E-state index is -1.09. The van der Waals surface area contributed by atoms with Gasteiger partial charge in [-0.15, -0.1) is 11.8 Å². The largest absolute Gasteiger partial charge is 0.477 e. The van der Waals surface area contributed by atoms with E-state index in [0.29, 0.717) is 10.6 Å². The zero-order valence-corrected chi connectivity index (χ0v) is 13.1. The van der Waals surface area contributed by atoms with Crippen LogP contribution in [0.4, 0.5) is 5.69 Å². The van der Waals surface area contributed by atoms with Gasteiger partial charge in [-0.05, 0) is 40.2 Å². The minimum absolute atomic E-state index is 0.0359. The molecule has 1 heterocycles. The van der Waals surface area contributed by atoms with Gasteiger partial charge in [0.15, 0.2) is 0 Å². The Kier molecular flexibility index (Phi) is 5.35. The predicted octanol–water partition coefficient (Wildman–Crippen LogP) is 3.27. The number of nitrogens with one attached hydrogen (secondary N) is 1. The summed E-state index contributed by atoms with van der Waals surface area (Å²) in [5.41, 5.74) is 0.662. The summed E-state index contributed by atoms with van der Waals surface area (Å²) < 4.78 is 0.806. The number of carboxylic acid groups (broad SMARTS) is 1. The van der Waals surface area contributed by atoms with Gasteiger partial charge in [0.2, 0.25) is 5.91 Å². The molecule has 5 nitrogen and oxygen atoms in total. The Labute approximate surface area is 133 Å². The number of aromatic carboxylic acids is 1. The molecule has 0 saturated heterocycles. The second-order valence-corrected chi connectivity index (χ2v) is 5.90. The average molecular weight is 367 g/mol. The van der Waals surface area contributed by atoms with E-state index in [9.17, 15) is 9.59 Å². The van der Waals surface area contributed by atoms with E-state index in [1.54, 1.807) is 12.1 Å². The predicted molar refractivity (Wildman–Crippen MR) is 84.7 cm³/mol. The third kappa shape index (κ3) is 4.57. The summed E-state index contributed by atoms with van der Waals surface area (Å²) in [6.07, 6.45) is 1.41. The lowest BCUT2D eigenvalue weighted by atomic mass is 10.3. The van der Waals surface area contributed by atoms with Gasteiger partial charge in [-0.25, -0.2) is 9.78 Å². The number of aromatic nitrogens is 1. The van der Waals surface area contributed by atoms with Crippen LogP contribution in [0.5, 0.6) is 0 Å². The fourth-order valence-electron chi connectivity index (χ4n) is 1.52. The van der Waals surface area contributed by atoms with Crippen LogP contribution in [0.2, 0.25) is 0 Å². The summed E-state index contributed by atoms with van der Waals surface area (Å²) in [6.45, 7) is 0. The van der Waals surface area contributed by atoms with E-state index in [-0.39, 0.29) is 17.4 Å². The molecule has 0 aliphatic heterocycles. The number of rotatable bonds is 5. The van der Waals surface area contributed by atoms with E-state index < -0.39 is 5.97 Å². The van der Waals surface area contributed by atoms with Crippen LogP contribution in [0.1, 0.15) is 10.5 Å². The molecule has 2 N–H and O–H groups in total. The molecule has 1 amide bonds. The van der Waals surface area contributed by atoms with Gasteiger partial charge in [0.05, 0.1) is 11.4 Å². The first-order valence-electron chi connectivity index (χ1n) is 5.93. The maximum absolute atomic E-state index is 11.9. The smallest absolute Gasteiger partial charge is 0.354 e. The molecule has 7 heteroatoms. The first-order chi connectivity index (χ1) is 10.1. The maximum atomic E-state index is 11.9. The number of anilines is 1. The van der Waals surface area contributed by atoms with Crippen molar-refractivity contribution >= 4 is 45.3 Å². The second-order valence-electron chi connectivity index (χ2n) is 4.00. The molecule has 0 aliphatic rings. The molecule has 2 rings (SSSR count). The zero-order valence-electron chi connectivity index (χ0n) is 10.7. The summed E-state index contributed by atoms with van der Waals surface area (Å²) in [5.74, 6) is -1.07. The highest BCUT2D eigenvalue weighted by molar-refractivity contribution is 9.10. The Hall–Kier alpha value is -1.86. The zero-order chi connectivity index (χ0) is 15.2. The normalized spacial score (nSPS) is 10.1. The van der Waals surface area contributed by atoms with Crippen molar-refractivity contribution in [3.63, 3.8) is 0 Å². The van der Waals surface area contributed by atoms with Crippen molar-refractivity contribution in [2.75, 3.05) is 11.1 Å². The number of thioether (sulfide) groups is 1. The number of benzene rings is 1. The van der Waals surface area contributed by atoms with E-state index in [2.05, 4.69) is 26.2 Å². The quantitative estimate of drug-likeness (QED) is 0.793. The summed E-state index contributed by atoms with van der Waals surface area (Å²) in [7, 11) is 0. The standard InChI is InChI=1S/C14H11BrN2O3S/c15-10-3-1-2-4-11(10)17-13(18)8-21-9-5-6-16-12(7-9)14(19)20/h1-7H,8H2,(H,17,18)(H,19,20). The van der Waals surface area contributed by atoms with Crippen molar-refractivity contribution < 1.29 is 14.7 Å². The number of carbonyl (C=O) groups is 2. The van der Waals surface area contributed by atoms with Gasteiger partial charge in [0, 0.05) is 15.6 Å². The Morgan fingerprint density at radius 3 is 2.76 bits per heavy atom. The van der Waals surface area contributed by atoms with Gasteiger partial charge in [0.1, 0.15) is 5.69 Å². The second kappa shape index (κ2) is 7.24. The number of carboxylic acids is 1. The van der Waals surface area contributed by atoms with Gasteiger partial charge in [0.25, 0.3) is 0 Å². The summed E-state index contributed by atoms with van der Waals surface area (Å²) in [5, 5.41) is 11.6. The molecular weight excluding hydrogens is 356 g/mol. The lowest BCUT2D eigenvalue weighted by Gasteiger charge is -2.07. The molecule has 2 aromatic rings.